The summed E-state index contributed by atoms with van der Waals surface area (Å²) in [5, 5.41) is 0. The maximum absolute atomic E-state index is 12.2. The Morgan fingerprint density at radius 2 is 1.45 bits per heavy atom. The van der Waals surface area contributed by atoms with Crippen LogP contribution in [0.25, 0.3) is 0 Å². The van der Waals surface area contributed by atoms with Crippen molar-refractivity contribution in [3.63, 3.8) is 0 Å². The summed E-state index contributed by atoms with van der Waals surface area (Å²) in [6, 6.07) is 9.38. The van der Waals surface area contributed by atoms with Gasteiger partial charge in [-0.05, 0) is 55.2 Å². The second-order valence-corrected chi connectivity index (χ2v) is 5.41. The van der Waals surface area contributed by atoms with Gasteiger partial charge in [-0.25, -0.2) is 0 Å². The lowest BCUT2D eigenvalue weighted by atomic mass is 9.90. The van der Waals surface area contributed by atoms with Crippen LogP contribution in [-0.4, -0.2) is 6.36 Å². The van der Waals surface area contributed by atoms with Gasteiger partial charge in [0.15, 0.2) is 0 Å². The van der Waals surface area contributed by atoms with Crippen LogP contribution in [0.5, 0.6) is 5.75 Å². The Hall–Kier alpha value is -2.01. The first-order valence-electron chi connectivity index (χ1n) is 6.86. The predicted molar refractivity (Wildman–Crippen MR) is 79.8 cm³/mol. The van der Waals surface area contributed by atoms with Crippen LogP contribution >= 0.6 is 0 Å². The number of hydrogen-bond donors (Lipinski definition) is 1. The van der Waals surface area contributed by atoms with Crippen LogP contribution in [0.4, 0.5) is 13.2 Å². The molecule has 0 radical (unpaired) electrons. The molecule has 0 aromatic heterocycles. The zero-order valence-corrected chi connectivity index (χ0v) is 12.7. The molecule has 5 heteroatoms. The van der Waals surface area contributed by atoms with E-state index in [0.717, 1.165) is 27.8 Å². The first kappa shape index (κ1) is 16.4. The van der Waals surface area contributed by atoms with Gasteiger partial charge < -0.3 is 10.5 Å². The van der Waals surface area contributed by atoms with E-state index in [2.05, 4.69) is 4.74 Å². The quantitative estimate of drug-likeness (QED) is 0.902. The van der Waals surface area contributed by atoms with Crippen molar-refractivity contribution in [2.45, 2.75) is 33.2 Å². The van der Waals surface area contributed by atoms with Crippen molar-refractivity contribution in [3.8, 4) is 5.75 Å². The number of ether oxygens (including phenoxy) is 1. The van der Waals surface area contributed by atoms with Crippen molar-refractivity contribution in [2.24, 2.45) is 5.73 Å². The molecule has 2 nitrogen and oxygen atoms in total. The molecule has 0 saturated carbocycles. The van der Waals surface area contributed by atoms with Gasteiger partial charge in [0, 0.05) is 0 Å². The van der Waals surface area contributed by atoms with Crippen LogP contribution in [0.3, 0.4) is 0 Å². The largest absolute Gasteiger partial charge is 0.573 e. The van der Waals surface area contributed by atoms with Crippen molar-refractivity contribution in [1.29, 1.82) is 0 Å². The molecule has 0 saturated heterocycles. The highest BCUT2D eigenvalue weighted by atomic mass is 19.4. The Morgan fingerprint density at radius 3 is 1.91 bits per heavy atom. The molecule has 22 heavy (non-hydrogen) atoms. The average Bonchev–Trinajstić information content (AvgIpc) is 2.36. The lowest BCUT2D eigenvalue weighted by Crippen LogP contribution is -2.18. The summed E-state index contributed by atoms with van der Waals surface area (Å²) in [7, 11) is 0. The fourth-order valence-electron chi connectivity index (χ4n) is 2.73. The van der Waals surface area contributed by atoms with E-state index in [-0.39, 0.29) is 11.8 Å². The molecule has 2 aromatic rings. The van der Waals surface area contributed by atoms with Crippen molar-refractivity contribution >= 4 is 0 Å². The van der Waals surface area contributed by atoms with Gasteiger partial charge in [0.2, 0.25) is 0 Å². The van der Waals surface area contributed by atoms with E-state index >= 15 is 0 Å². The van der Waals surface area contributed by atoms with E-state index < -0.39 is 6.36 Å². The Kier molecular flexibility index (Phi) is 4.47. The molecule has 118 valence electrons. The van der Waals surface area contributed by atoms with Gasteiger partial charge in [-0.15, -0.1) is 13.2 Å². The van der Waals surface area contributed by atoms with E-state index in [4.69, 9.17) is 5.73 Å². The van der Waals surface area contributed by atoms with Crippen LogP contribution in [0.15, 0.2) is 36.4 Å². The minimum atomic E-state index is -4.69. The number of hydrogen-bond acceptors (Lipinski definition) is 2. The fraction of sp³-hybridized carbons (Fsp3) is 0.294. The zero-order valence-electron chi connectivity index (χ0n) is 12.7. The van der Waals surface area contributed by atoms with E-state index in [1.807, 2.05) is 32.9 Å². The summed E-state index contributed by atoms with van der Waals surface area (Å²) in [6.45, 7) is 5.98. The van der Waals surface area contributed by atoms with Gasteiger partial charge in [-0.3, -0.25) is 0 Å². The average molecular weight is 309 g/mol. The highest BCUT2D eigenvalue weighted by Crippen LogP contribution is 2.29. The highest BCUT2D eigenvalue weighted by Gasteiger charge is 2.31. The molecule has 0 aliphatic heterocycles. The Labute approximate surface area is 127 Å². The van der Waals surface area contributed by atoms with Gasteiger partial charge in [0.25, 0.3) is 0 Å². The van der Waals surface area contributed by atoms with Crippen LogP contribution in [0.1, 0.15) is 33.9 Å². The summed E-state index contributed by atoms with van der Waals surface area (Å²) < 4.78 is 40.4. The predicted octanol–water partition coefficient (Wildman–Crippen LogP) is 4.56. The molecule has 0 aliphatic carbocycles. The summed E-state index contributed by atoms with van der Waals surface area (Å²) >= 11 is 0. The molecule has 2 aromatic carbocycles. The van der Waals surface area contributed by atoms with Crippen LogP contribution in [0.2, 0.25) is 0 Å². The molecule has 0 spiro atoms. The molecule has 0 heterocycles. The normalized spacial score (nSPS) is 13.0. The molecule has 0 fully saturated rings. The maximum Gasteiger partial charge on any atom is 0.573 e. The molecule has 2 N–H and O–H groups in total. The minimum absolute atomic E-state index is 0.249. The molecule has 0 bridgehead atoms. The van der Waals surface area contributed by atoms with Gasteiger partial charge in [0.1, 0.15) is 5.75 Å². The minimum Gasteiger partial charge on any atom is -0.406 e. The molecular formula is C17H18F3NO. The second-order valence-electron chi connectivity index (χ2n) is 5.41. The van der Waals surface area contributed by atoms with Crippen molar-refractivity contribution in [2.75, 3.05) is 0 Å². The number of alkyl halides is 3. The summed E-state index contributed by atoms with van der Waals surface area (Å²) in [5.74, 6) is -0.249. The number of nitrogens with two attached hydrogens (primary N) is 1. The number of benzene rings is 2. The Morgan fingerprint density at radius 1 is 0.955 bits per heavy atom. The molecule has 2 rings (SSSR count). The first-order valence-corrected chi connectivity index (χ1v) is 6.86. The third kappa shape index (κ3) is 3.80. The number of halogens is 3. The lowest BCUT2D eigenvalue weighted by molar-refractivity contribution is -0.274. The van der Waals surface area contributed by atoms with E-state index in [0.29, 0.717) is 0 Å². The number of aryl methyl sites for hydroxylation is 3. The third-order valence-electron chi connectivity index (χ3n) is 3.52. The molecule has 0 aliphatic rings. The topological polar surface area (TPSA) is 35.2 Å². The molecule has 1 atom stereocenters. The smallest absolute Gasteiger partial charge is 0.406 e. The SMILES string of the molecule is Cc1cc(C)c([C@H](N)c2ccc(OC(F)(F)F)cc2)c(C)c1. The van der Waals surface area contributed by atoms with Gasteiger partial charge in [0.05, 0.1) is 6.04 Å². The van der Waals surface area contributed by atoms with E-state index in [9.17, 15) is 13.2 Å². The van der Waals surface area contributed by atoms with Gasteiger partial charge >= 0.3 is 6.36 Å². The van der Waals surface area contributed by atoms with Crippen molar-refractivity contribution in [3.05, 3.63) is 64.2 Å². The summed E-state index contributed by atoms with van der Waals surface area (Å²) in [6.07, 6.45) is -4.69. The van der Waals surface area contributed by atoms with E-state index in [1.54, 1.807) is 12.1 Å². The first-order chi connectivity index (χ1) is 10.2. The second kappa shape index (κ2) is 6.01. The Bertz CT molecular complexity index is 640. The zero-order chi connectivity index (χ0) is 16.5. The number of rotatable bonds is 3. The molecule has 0 amide bonds. The van der Waals surface area contributed by atoms with Crippen molar-refractivity contribution in [1.82, 2.24) is 0 Å². The van der Waals surface area contributed by atoms with Crippen LogP contribution in [0, 0.1) is 20.8 Å². The highest BCUT2D eigenvalue weighted by molar-refractivity contribution is 5.44. The molecule has 0 unspecified atom stereocenters. The van der Waals surface area contributed by atoms with Gasteiger partial charge in [-0.2, -0.15) is 0 Å². The van der Waals surface area contributed by atoms with Crippen LogP contribution < -0.4 is 10.5 Å². The maximum atomic E-state index is 12.2. The van der Waals surface area contributed by atoms with Crippen molar-refractivity contribution < 1.29 is 17.9 Å². The molecular weight excluding hydrogens is 291 g/mol. The standard InChI is InChI=1S/C17H18F3NO/c1-10-8-11(2)15(12(3)9-10)16(21)13-4-6-14(7-5-13)22-17(18,19)20/h4-9,16H,21H2,1-3H3/t16-/m1/s1. The van der Waals surface area contributed by atoms with Gasteiger partial charge in [-0.1, -0.05) is 29.8 Å². The third-order valence-corrected chi connectivity index (χ3v) is 3.52. The van der Waals surface area contributed by atoms with Crippen LogP contribution in [-0.2, 0) is 0 Å². The summed E-state index contributed by atoms with van der Waals surface area (Å²) in [4.78, 5) is 0. The summed E-state index contributed by atoms with van der Waals surface area (Å²) in [5.41, 5.74) is 11.3. The lowest BCUT2D eigenvalue weighted by Gasteiger charge is -2.19. The van der Waals surface area contributed by atoms with E-state index in [1.165, 1.54) is 12.1 Å². The monoisotopic (exact) mass is 309 g/mol. The fourth-order valence-corrected chi connectivity index (χ4v) is 2.73. The Balaban J connectivity index is 2.29.